The molecule has 0 saturated carbocycles. The van der Waals surface area contributed by atoms with E-state index in [1.165, 1.54) is 42.4 Å². The standard InChI is InChI=1S/C16H25/c1-5-7-14-9-10-16(11-13(3)4)15(12-14)8-6-2/h9-13H,5-8H2,1-4H3. The van der Waals surface area contributed by atoms with E-state index in [0.29, 0.717) is 5.92 Å². The van der Waals surface area contributed by atoms with Crippen molar-refractivity contribution >= 4 is 0 Å². The van der Waals surface area contributed by atoms with Crippen molar-refractivity contribution in [1.29, 1.82) is 0 Å². The van der Waals surface area contributed by atoms with E-state index in [9.17, 15) is 0 Å². The Balaban J connectivity index is 2.89. The molecule has 0 fully saturated rings. The second-order valence-electron chi connectivity index (χ2n) is 4.94. The van der Waals surface area contributed by atoms with Crippen LogP contribution in [0.3, 0.4) is 0 Å². The number of aryl methyl sites for hydroxylation is 2. The Bertz CT molecular complexity index is 310. The Morgan fingerprint density at radius 1 is 1.06 bits per heavy atom. The van der Waals surface area contributed by atoms with Crippen molar-refractivity contribution in [2.45, 2.75) is 53.4 Å². The van der Waals surface area contributed by atoms with Gasteiger partial charge in [-0.1, -0.05) is 58.7 Å². The van der Waals surface area contributed by atoms with E-state index in [4.69, 9.17) is 0 Å². The first kappa shape index (κ1) is 13.3. The maximum absolute atomic E-state index is 2.40. The zero-order valence-electron chi connectivity index (χ0n) is 11.2. The minimum Gasteiger partial charge on any atom is -0.0651 e. The predicted molar refractivity (Wildman–Crippen MR) is 72.7 cm³/mol. The van der Waals surface area contributed by atoms with Crippen molar-refractivity contribution in [3.63, 3.8) is 0 Å². The highest BCUT2D eigenvalue weighted by atomic mass is 14.1. The highest BCUT2D eigenvalue weighted by Gasteiger charge is 2.05. The molecule has 0 atom stereocenters. The molecule has 0 amide bonds. The molecule has 0 heterocycles. The fourth-order valence-corrected chi connectivity index (χ4v) is 2.11. The van der Waals surface area contributed by atoms with Gasteiger partial charge in [-0.15, -0.1) is 0 Å². The predicted octanol–water partition coefficient (Wildman–Crippen LogP) is 4.80. The molecule has 1 aromatic rings. The second-order valence-corrected chi connectivity index (χ2v) is 4.94. The molecule has 0 unspecified atom stereocenters. The van der Waals surface area contributed by atoms with Crippen molar-refractivity contribution in [3.8, 4) is 0 Å². The number of benzene rings is 1. The summed E-state index contributed by atoms with van der Waals surface area (Å²) in [7, 11) is 0. The van der Waals surface area contributed by atoms with E-state index >= 15 is 0 Å². The normalized spacial score (nSPS) is 11.1. The molecule has 16 heavy (non-hydrogen) atoms. The number of hydrogen-bond acceptors (Lipinski definition) is 0. The lowest BCUT2D eigenvalue weighted by Crippen LogP contribution is -1.99. The van der Waals surface area contributed by atoms with Gasteiger partial charge in [0.05, 0.1) is 0 Å². The van der Waals surface area contributed by atoms with Crippen molar-refractivity contribution in [3.05, 3.63) is 41.3 Å². The molecule has 0 spiro atoms. The van der Waals surface area contributed by atoms with Gasteiger partial charge in [0.25, 0.3) is 0 Å². The maximum atomic E-state index is 2.40. The van der Waals surface area contributed by atoms with Crippen LogP contribution in [0, 0.1) is 12.3 Å². The Labute approximate surface area is 101 Å². The van der Waals surface area contributed by atoms with E-state index in [1.54, 1.807) is 0 Å². The van der Waals surface area contributed by atoms with Gasteiger partial charge in [-0.2, -0.15) is 0 Å². The van der Waals surface area contributed by atoms with Crippen molar-refractivity contribution in [2.24, 2.45) is 5.92 Å². The molecule has 0 N–H and O–H groups in total. The molecule has 1 rings (SSSR count). The SMILES string of the molecule is CCCc1ccc([CH]C(C)C)c(CCC)c1. The van der Waals surface area contributed by atoms with E-state index in [0.717, 1.165) is 0 Å². The molecule has 1 radical (unpaired) electrons. The highest BCUT2D eigenvalue weighted by molar-refractivity contribution is 5.37. The average molecular weight is 217 g/mol. The van der Waals surface area contributed by atoms with Crippen molar-refractivity contribution in [2.75, 3.05) is 0 Å². The van der Waals surface area contributed by atoms with E-state index in [2.05, 4.69) is 52.3 Å². The van der Waals surface area contributed by atoms with E-state index in [-0.39, 0.29) is 0 Å². The molecule has 0 saturated heterocycles. The molecule has 0 aliphatic rings. The Kier molecular flexibility index (Phi) is 5.59. The zero-order valence-corrected chi connectivity index (χ0v) is 11.2. The van der Waals surface area contributed by atoms with Crippen LogP contribution in [0.15, 0.2) is 18.2 Å². The van der Waals surface area contributed by atoms with Gasteiger partial charge >= 0.3 is 0 Å². The summed E-state index contributed by atoms with van der Waals surface area (Å²) in [6.07, 6.45) is 7.25. The molecule has 0 heteroatoms. The third kappa shape index (κ3) is 4.00. The third-order valence-electron chi connectivity index (χ3n) is 2.78. The Hall–Kier alpha value is -0.780. The fourth-order valence-electron chi connectivity index (χ4n) is 2.11. The molecular formula is C16H25. The van der Waals surface area contributed by atoms with Crippen LogP contribution in [-0.4, -0.2) is 0 Å². The monoisotopic (exact) mass is 217 g/mol. The summed E-state index contributed by atoms with van der Waals surface area (Å²) in [5.74, 6) is 0.632. The lowest BCUT2D eigenvalue weighted by atomic mass is 9.93. The summed E-state index contributed by atoms with van der Waals surface area (Å²) in [5, 5.41) is 0. The molecule has 0 bridgehead atoms. The van der Waals surface area contributed by atoms with Gasteiger partial charge < -0.3 is 0 Å². The highest BCUT2D eigenvalue weighted by Crippen LogP contribution is 2.20. The third-order valence-corrected chi connectivity index (χ3v) is 2.78. The minimum atomic E-state index is 0.632. The van der Waals surface area contributed by atoms with Gasteiger partial charge in [-0.3, -0.25) is 0 Å². The molecule has 0 aromatic heterocycles. The zero-order chi connectivity index (χ0) is 12.0. The topological polar surface area (TPSA) is 0 Å². The number of rotatable bonds is 6. The smallest absolute Gasteiger partial charge is 0.00647 e. The summed E-state index contributed by atoms with van der Waals surface area (Å²) >= 11 is 0. The summed E-state index contributed by atoms with van der Waals surface area (Å²) in [5.41, 5.74) is 4.46. The van der Waals surface area contributed by atoms with Gasteiger partial charge in [0.1, 0.15) is 0 Å². The van der Waals surface area contributed by atoms with Crippen LogP contribution in [0.2, 0.25) is 0 Å². The summed E-state index contributed by atoms with van der Waals surface area (Å²) in [6, 6.07) is 6.99. The van der Waals surface area contributed by atoms with Crippen LogP contribution < -0.4 is 0 Å². The van der Waals surface area contributed by atoms with Gasteiger partial charge in [0, 0.05) is 0 Å². The summed E-state index contributed by atoms with van der Waals surface area (Å²) < 4.78 is 0. The van der Waals surface area contributed by atoms with Crippen LogP contribution in [0.4, 0.5) is 0 Å². The first-order valence-electron chi connectivity index (χ1n) is 6.64. The summed E-state index contributed by atoms with van der Waals surface area (Å²) in [6.45, 7) is 8.99. The van der Waals surface area contributed by atoms with Crippen LogP contribution in [0.1, 0.15) is 57.2 Å². The largest absolute Gasteiger partial charge is 0.0651 e. The molecule has 0 nitrogen and oxygen atoms in total. The van der Waals surface area contributed by atoms with Crippen LogP contribution >= 0.6 is 0 Å². The van der Waals surface area contributed by atoms with Gasteiger partial charge in [0.15, 0.2) is 0 Å². The Morgan fingerprint density at radius 2 is 1.75 bits per heavy atom. The van der Waals surface area contributed by atoms with Crippen LogP contribution in [-0.2, 0) is 12.8 Å². The Morgan fingerprint density at radius 3 is 2.31 bits per heavy atom. The quantitative estimate of drug-likeness (QED) is 0.642. The summed E-state index contributed by atoms with van der Waals surface area (Å²) in [4.78, 5) is 0. The van der Waals surface area contributed by atoms with E-state index in [1.807, 2.05) is 0 Å². The lowest BCUT2D eigenvalue weighted by molar-refractivity contribution is 0.768. The molecule has 89 valence electrons. The van der Waals surface area contributed by atoms with Crippen LogP contribution in [0.5, 0.6) is 0 Å². The first-order valence-corrected chi connectivity index (χ1v) is 6.64. The van der Waals surface area contributed by atoms with Crippen molar-refractivity contribution < 1.29 is 0 Å². The average Bonchev–Trinajstić information content (AvgIpc) is 2.22. The van der Waals surface area contributed by atoms with E-state index < -0.39 is 0 Å². The maximum Gasteiger partial charge on any atom is -0.00647 e. The van der Waals surface area contributed by atoms with Gasteiger partial charge in [-0.05, 0) is 41.9 Å². The molecule has 0 aliphatic carbocycles. The van der Waals surface area contributed by atoms with Gasteiger partial charge in [-0.25, -0.2) is 0 Å². The minimum absolute atomic E-state index is 0.632. The molecule has 0 aliphatic heterocycles. The first-order chi connectivity index (χ1) is 7.67. The molecule has 1 aromatic carbocycles. The van der Waals surface area contributed by atoms with Crippen LogP contribution in [0.25, 0.3) is 0 Å². The fraction of sp³-hybridized carbons (Fsp3) is 0.562. The van der Waals surface area contributed by atoms with Crippen molar-refractivity contribution in [1.82, 2.24) is 0 Å². The van der Waals surface area contributed by atoms with Gasteiger partial charge in [0.2, 0.25) is 0 Å². The molecular weight excluding hydrogens is 192 g/mol. The second kappa shape index (κ2) is 6.73. The lowest BCUT2D eigenvalue weighted by Gasteiger charge is -2.12. The number of hydrogen-bond donors (Lipinski definition) is 0.